The molecule has 1 N–H and O–H groups in total. The summed E-state index contributed by atoms with van der Waals surface area (Å²) in [6.45, 7) is 6.70. The average Bonchev–Trinajstić information content (AvgIpc) is 3.30. The first-order valence-electron chi connectivity index (χ1n) is 11.8. The Bertz CT molecular complexity index is 1090. The first kappa shape index (κ1) is 21.6. The van der Waals surface area contributed by atoms with Crippen LogP contribution < -0.4 is 10.2 Å². The number of hydrogen-bond donors (Lipinski definition) is 1. The molecular weight excluding hydrogens is 417 g/mol. The van der Waals surface area contributed by atoms with Gasteiger partial charge in [-0.1, -0.05) is 17.7 Å². The molecule has 0 bridgehead atoms. The number of rotatable bonds is 4. The van der Waals surface area contributed by atoms with E-state index < -0.39 is 0 Å². The predicted molar refractivity (Wildman–Crippen MR) is 128 cm³/mol. The Morgan fingerprint density at radius 1 is 0.939 bits per heavy atom. The van der Waals surface area contributed by atoms with Gasteiger partial charge in [-0.15, -0.1) is 0 Å². The molecule has 1 amide bonds. The number of benzene rings is 2. The molecule has 3 heterocycles. The largest absolute Gasteiger partial charge is 0.368 e. The van der Waals surface area contributed by atoms with E-state index in [1.807, 2.05) is 9.58 Å². The third kappa shape index (κ3) is 4.50. The summed E-state index contributed by atoms with van der Waals surface area (Å²) in [7, 11) is 0. The van der Waals surface area contributed by atoms with E-state index in [2.05, 4.69) is 46.5 Å². The molecule has 2 aromatic carbocycles. The van der Waals surface area contributed by atoms with Crippen molar-refractivity contribution in [2.24, 2.45) is 0 Å². The molecule has 2 saturated heterocycles. The van der Waals surface area contributed by atoms with Gasteiger partial charge in [-0.3, -0.25) is 4.79 Å². The van der Waals surface area contributed by atoms with Crippen molar-refractivity contribution in [3.63, 3.8) is 0 Å². The van der Waals surface area contributed by atoms with E-state index in [4.69, 9.17) is 0 Å². The van der Waals surface area contributed by atoms with Gasteiger partial charge in [-0.2, -0.15) is 5.10 Å². The second-order valence-electron chi connectivity index (χ2n) is 8.97. The molecule has 6 nitrogen and oxygen atoms in total. The summed E-state index contributed by atoms with van der Waals surface area (Å²) in [5, 5.41) is 8.11. The van der Waals surface area contributed by atoms with E-state index in [9.17, 15) is 9.18 Å². The molecule has 0 spiro atoms. The number of piperazine rings is 1. The lowest BCUT2D eigenvalue weighted by molar-refractivity contribution is 0.0744. The van der Waals surface area contributed by atoms with Crippen molar-refractivity contribution in [2.75, 3.05) is 44.2 Å². The van der Waals surface area contributed by atoms with Gasteiger partial charge in [0, 0.05) is 37.8 Å². The van der Waals surface area contributed by atoms with E-state index in [1.54, 1.807) is 18.3 Å². The number of carbonyl (C=O) groups is 1. The maximum absolute atomic E-state index is 13.6. The highest BCUT2D eigenvalue weighted by atomic mass is 19.1. The van der Waals surface area contributed by atoms with Crippen LogP contribution in [0.3, 0.4) is 0 Å². The lowest BCUT2D eigenvalue weighted by atomic mass is 9.91. The molecule has 2 aliphatic rings. The van der Waals surface area contributed by atoms with Gasteiger partial charge in [-0.05, 0) is 69.3 Å². The zero-order valence-corrected chi connectivity index (χ0v) is 19.0. The van der Waals surface area contributed by atoms with Crippen LogP contribution in [0, 0.1) is 12.7 Å². The van der Waals surface area contributed by atoms with Crippen molar-refractivity contribution in [1.82, 2.24) is 20.0 Å². The van der Waals surface area contributed by atoms with Gasteiger partial charge in [-0.25, -0.2) is 9.07 Å². The van der Waals surface area contributed by atoms with Crippen LogP contribution in [-0.4, -0.2) is 59.9 Å². The Kier molecular flexibility index (Phi) is 6.13. The molecule has 33 heavy (non-hydrogen) atoms. The van der Waals surface area contributed by atoms with E-state index in [0.717, 1.165) is 61.7 Å². The highest BCUT2D eigenvalue weighted by Crippen LogP contribution is 2.31. The third-order valence-electron chi connectivity index (χ3n) is 6.80. The zero-order valence-electron chi connectivity index (χ0n) is 19.0. The number of aryl methyl sites for hydroxylation is 1. The first-order valence-corrected chi connectivity index (χ1v) is 11.8. The number of hydrogen-bond acceptors (Lipinski definition) is 4. The highest BCUT2D eigenvalue weighted by Gasteiger charge is 2.30. The van der Waals surface area contributed by atoms with Gasteiger partial charge in [0.1, 0.15) is 5.82 Å². The summed E-state index contributed by atoms with van der Waals surface area (Å²) in [6.07, 6.45) is 3.75. The predicted octanol–water partition coefficient (Wildman–Crippen LogP) is 3.75. The molecule has 1 aromatic heterocycles. The second kappa shape index (κ2) is 9.35. The Hall–Kier alpha value is -3.19. The van der Waals surface area contributed by atoms with Gasteiger partial charge < -0.3 is 15.1 Å². The minimum absolute atomic E-state index is 0.0562. The Balaban J connectivity index is 1.38. The summed E-state index contributed by atoms with van der Waals surface area (Å²) in [4.78, 5) is 17.8. The summed E-state index contributed by atoms with van der Waals surface area (Å²) >= 11 is 0. The molecule has 0 saturated carbocycles. The Morgan fingerprint density at radius 3 is 2.24 bits per heavy atom. The summed E-state index contributed by atoms with van der Waals surface area (Å²) in [5.74, 6) is 0.124. The van der Waals surface area contributed by atoms with Crippen molar-refractivity contribution in [3.05, 3.63) is 77.4 Å². The SMILES string of the molecule is Cc1ccc(-n2ncc(C(=O)N3CCN(c4ccc(F)cc4)CC3)c2C2CCNCC2)cc1. The second-order valence-corrected chi connectivity index (χ2v) is 8.97. The van der Waals surface area contributed by atoms with Gasteiger partial charge in [0.2, 0.25) is 0 Å². The number of nitrogens with zero attached hydrogens (tertiary/aromatic N) is 4. The maximum Gasteiger partial charge on any atom is 0.257 e. The monoisotopic (exact) mass is 447 g/mol. The topological polar surface area (TPSA) is 53.4 Å². The lowest BCUT2D eigenvalue weighted by Crippen LogP contribution is -2.49. The number of carbonyl (C=O) groups excluding carboxylic acids is 1. The first-order chi connectivity index (χ1) is 16.1. The summed E-state index contributed by atoms with van der Waals surface area (Å²) in [5.41, 5.74) is 4.94. The number of halogens is 1. The van der Waals surface area contributed by atoms with Gasteiger partial charge in [0.05, 0.1) is 23.1 Å². The molecule has 0 unspecified atom stereocenters. The van der Waals surface area contributed by atoms with Crippen molar-refractivity contribution < 1.29 is 9.18 Å². The van der Waals surface area contributed by atoms with Crippen molar-refractivity contribution in [3.8, 4) is 5.69 Å². The smallest absolute Gasteiger partial charge is 0.257 e. The highest BCUT2D eigenvalue weighted by molar-refractivity contribution is 5.95. The Morgan fingerprint density at radius 2 is 1.58 bits per heavy atom. The number of anilines is 1. The summed E-state index contributed by atoms with van der Waals surface area (Å²) < 4.78 is 15.2. The van der Waals surface area contributed by atoms with Crippen molar-refractivity contribution >= 4 is 11.6 Å². The van der Waals surface area contributed by atoms with Crippen LogP contribution >= 0.6 is 0 Å². The standard InChI is InChI=1S/C26H30FN5O/c1-19-2-6-23(7-3-19)32-25(20-10-12-28-13-11-20)24(18-29-32)26(33)31-16-14-30(15-17-31)22-8-4-21(27)5-9-22/h2-9,18,20,28H,10-17H2,1H3. The van der Waals surface area contributed by atoms with Crippen molar-refractivity contribution in [2.45, 2.75) is 25.7 Å². The van der Waals surface area contributed by atoms with E-state index in [-0.39, 0.29) is 11.7 Å². The zero-order chi connectivity index (χ0) is 22.8. The number of nitrogens with one attached hydrogen (secondary N) is 1. The minimum Gasteiger partial charge on any atom is -0.368 e. The molecular formula is C26H30FN5O. The Labute approximate surface area is 194 Å². The van der Waals surface area contributed by atoms with Crippen LogP contribution in [-0.2, 0) is 0 Å². The average molecular weight is 448 g/mol. The van der Waals surface area contributed by atoms with E-state index in [1.165, 1.54) is 17.7 Å². The molecule has 172 valence electrons. The molecule has 7 heteroatoms. The molecule has 0 aliphatic carbocycles. The summed E-state index contributed by atoms with van der Waals surface area (Å²) in [6, 6.07) is 14.9. The van der Waals surface area contributed by atoms with Gasteiger partial charge >= 0.3 is 0 Å². The molecule has 0 radical (unpaired) electrons. The number of aromatic nitrogens is 2. The number of amides is 1. The van der Waals surface area contributed by atoms with Crippen LogP contribution in [0.25, 0.3) is 5.69 Å². The molecule has 0 atom stereocenters. The molecule has 2 fully saturated rings. The van der Waals surface area contributed by atoms with E-state index >= 15 is 0 Å². The van der Waals surface area contributed by atoms with Crippen LogP contribution in [0.4, 0.5) is 10.1 Å². The van der Waals surface area contributed by atoms with Crippen LogP contribution in [0.1, 0.15) is 40.4 Å². The fraction of sp³-hybridized carbons (Fsp3) is 0.385. The molecule has 2 aliphatic heterocycles. The van der Waals surface area contributed by atoms with Crippen LogP contribution in [0.2, 0.25) is 0 Å². The van der Waals surface area contributed by atoms with Crippen LogP contribution in [0.15, 0.2) is 54.7 Å². The molecule has 5 rings (SSSR count). The van der Waals surface area contributed by atoms with Gasteiger partial charge in [0.25, 0.3) is 5.91 Å². The number of piperidine rings is 1. The normalized spacial score (nSPS) is 17.4. The van der Waals surface area contributed by atoms with Crippen LogP contribution in [0.5, 0.6) is 0 Å². The minimum atomic E-state index is -0.233. The van der Waals surface area contributed by atoms with E-state index in [0.29, 0.717) is 19.0 Å². The molecule has 3 aromatic rings. The fourth-order valence-corrected chi connectivity index (χ4v) is 4.89. The maximum atomic E-state index is 13.6. The third-order valence-corrected chi connectivity index (χ3v) is 6.80. The van der Waals surface area contributed by atoms with Gasteiger partial charge in [0.15, 0.2) is 0 Å². The fourth-order valence-electron chi connectivity index (χ4n) is 4.89. The van der Waals surface area contributed by atoms with Crippen molar-refractivity contribution in [1.29, 1.82) is 0 Å². The quantitative estimate of drug-likeness (QED) is 0.662. The lowest BCUT2D eigenvalue weighted by Gasteiger charge is -2.36.